The number of rotatable bonds is 4. The number of benzene rings is 1. The average Bonchev–Trinajstić information content (AvgIpc) is 2.80. The van der Waals surface area contributed by atoms with Crippen LogP contribution in [0.15, 0.2) is 30.3 Å². The molecular weight excluding hydrogens is 286 g/mol. The second kappa shape index (κ2) is 6.79. The highest BCUT2D eigenvalue weighted by Crippen LogP contribution is 2.29. The summed E-state index contributed by atoms with van der Waals surface area (Å²) in [5.74, 6) is -0.361. The third-order valence-electron chi connectivity index (χ3n) is 3.54. The van der Waals surface area contributed by atoms with Crippen molar-refractivity contribution in [2.45, 2.75) is 38.7 Å². The minimum Gasteiger partial charge on any atom is -0.469 e. The van der Waals surface area contributed by atoms with Gasteiger partial charge in [0.1, 0.15) is 12.3 Å². The maximum absolute atomic E-state index is 12.2. The molecule has 6 nitrogen and oxygen atoms in total. The summed E-state index contributed by atoms with van der Waals surface area (Å²) in [7, 11) is 1.33. The van der Waals surface area contributed by atoms with Gasteiger partial charge < -0.3 is 14.2 Å². The minimum absolute atomic E-state index is 0.113. The quantitative estimate of drug-likeness (QED) is 0.799. The summed E-state index contributed by atoms with van der Waals surface area (Å²) in [6.45, 7) is 4.05. The Morgan fingerprint density at radius 3 is 2.64 bits per heavy atom. The first-order chi connectivity index (χ1) is 10.4. The lowest BCUT2D eigenvalue weighted by atomic mass is 10.2. The molecule has 0 bridgehead atoms. The lowest BCUT2D eigenvalue weighted by Gasteiger charge is -2.28. The molecule has 2 rings (SSSR count). The van der Waals surface area contributed by atoms with E-state index in [1.54, 1.807) is 13.8 Å². The Morgan fingerprint density at radius 1 is 1.32 bits per heavy atom. The molecule has 6 heteroatoms. The summed E-state index contributed by atoms with van der Waals surface area (Å²) >= 11 is 0. The van der Waals surface area contributed by atoms with Gasteiger partial charge in [0.2, 0.25) is 0 Å². The van der Waals surface area contributed by atoms with Gasteiger partial charge in [-0.25, -0.2) is 4.79 Å². The zero-order valence-corrected chi connectivity index (χ0v) is 13.1. The van der Waals surface area contributed by atoms with Crippen LogP contribution in [0, 0.1) is 0 Å². The molecule has 120 valence electrons. The normalized spacial score (nSPS) is 19.8. The third-order valence-corrected chi connectivity index (χ3v) is 3.54. The van der Waals surface area contributed by atoms with E-state index in [0.717, 1.165) is 5.56 Å². The van der Waals surface area contributed by atoms with Crippen molar-refractivity contribution < 1.29 is 23.8 Å². The molecular formula is C16H21NO5. The lowest BCUT2D eigenvalue weighted by Crippen LogP contribution is -2.43. The van der Waals surface area contributed by atoms with Crippen LogP contribution < -0.4 is 0 Å². The summed E-state index contributed by atoms with van der Waals surface area (Å²) in [4.78, 5) is 25.1. The molecule has 1 aromatic carbocycles. The fourth-order valence-electron chi connectivity index (χ4n) is 2.40. The van der Waals surface area contributed by atoms with E-state index in [1.165, 1.54) is 12.0 Å². The van der Waals surface area contributed by atoms with Crippen LogP contribution >= 0.6 is 0 Å². The number of ether oxygens (including phenoxy) is 3. The number of carbonyl (C=O) groups excluding carboxylic acids is 2. The van der Waals surface area contributed by atoms with Crippen molar-refractivity contribution in [2.24, 2.45) is 0 Å². The topological polar surface area (TPSA) is 65.1 Å². The van der Waals surface area contributed by atoms with E-state index >= 15 is 0 Å². The van der Waals surface area contributed by atoms with Gasteiger partial charge in [-0.1, -0.05) is 30.3 Å². The van der Waals surface area contributed by atoms with Gasteiger partial charge in [0.25, 0.3) is 0 Å². The molecule has 0 spiro atoms. The Balaban J connectivity index is 1.92. The summed E-state index contributed by atoms with van der Waals surface area (Å²) in [6, 6.07) is 9.45. The molecule has 1 aromatic rings. The van der Waals surface area contributed by atoms with Crippen LogP contribution in [0.25, 0.3) is 0 Å². The monoisotopic (exact) mass is 307 g/mol. The highest BCUT2D eigenvalue weighted by atomic mass is 16.6. The predicted octanol–water partition coefficient (Wildman–Crippen LogP) is 2.32. The molecule has 0 saturated carbocycles. The highest BCUT2D eigenvalue weighted by molar-refractivity contribution is 5.71. The number of nitrogens with zero attached hydrogens (tertiary/aromatic N) is 1. The third kappa shape index (κ3) is 3.98. The van der Waals surface area contributed by atoms with Gasteiger partial charge in [0.05, 0.1) is 26.2 Å². The SMILES string of the molecule is COC(=O)CC1CN(C(=O)OCc2ccccc2)C(C)(C)O1. The Hall–Kier alpha value is -2.08. The van der Waals surface area contributed by atoms with Gasteiger partial charge in [0.15, 0.2) is 0 Å². The molecule has 1 unspecified atom stereocenters. The van der Waals surface area contributed by atoms with Gasteiger partial charge in [-0.05, 0) is 19.4 Å². The van der Waals surface area contributed by atoms with Crippen molar-refractivity contribution in [3.63, 3.8) is 0 Å². The first-order valence-corrected chi connectivity index (χ1v) is 7.15. The summed E-state index contributed by atoms with van der Waals surface area (Å²) in [5, 5.41) is 0. The molecule has 0 aliphatic carbocycles. The highest BCUT2D eigenvalue weighted by Gasteiger charge is 2.43. The predicted molar refractivity (Wildman–Crippen MR) is 78.9 cm³/mol. The van der Waals surface area contributed by atoms with Crippen LogP contribution in [-0.2, 0) is 25.6 Å². The van der Waals surface area contributed by atoms with E-state index < -0.39 is 11.8 Å². The number of esters is 1. The van der Waals surface area contributed by atoms with Crippen LogP contribution in [0.5, 0.6) is 0 Å². The summed E-state index contributed by atoms with van der Waals surface area (Å²) in [6.07, 6.45) is -0.726. The van der Waals surface area contributed by atoms with Crippen LogP contribution in [0.1, 0.15) is 25.8 Å². The van der Waals surface area contributed by atoms with E-state index in [9.17, 15) is 9.59 Å². The molecule has 1 fully saturated rings. The van der Waals surface area contributed by atoms with E-state index in [4.69, 9.17) is 9.47 Å². The maximum Gasteiger partial charge on any atom is 0.412 e. The van der Waals surface area contributed by atoms with Crippen molar-refractivity contribution in [1.29, 1.82) is 0 Å². The molecule has 1 amide bonds. The Bertz CT molecular complexity index is 529. The minimum atomic E-state index is -0.813. The Labute approximate surface area is 129 Å². The molecule has 1 aliphatic rings. The molecule has 1 atom stereocenters. The second-order valence-electron chi connectivity index (χ2n) is 5.62. The van der Waals surface area contributed by atoms with Crippen molar-refractivity contribution in [3.05, 3.63) is 35.9 Å². The van der Waals surface area contributed by atoms with E-state index in [2.05, 4.69) is 4.74 Å². The fourth-order valence-corrected chi connectivity index (χ4v) is 2.40. The fraction of sp³-hybridized carbons (Fsp3) is 0.500. The lowest BCUT2D eigenvalue weighted by molar-refractivity contribution is -0.145. The van der Waals surface area contributed by atoms with Gasteiger partial charge in [0, 0.05) is 0 Å². The van der Waals surface area contributed by atoms with Gasteiger partial charge in [-0.2, -0.15) is 0 Å². The van der Waals surface area contributed by atoms with Crippen molar-refractivity contribution in [3.8, 4) is 0 Å². The van der Waals surface area contributed by atoms with Crippen LogP contribution in [-0.4, -0.2) is 42.4 Å². The number of hydrogen-bond donors (Lipinski definition) is 0. The number of hydrogen-bond acceptors (Lipinski definition) is 5. The van der Waals surface area contributed by atoms with Gasteiger partial charge >= 0.3 is 12.1 Å². The number of amides is 1. The zero-order chi connectivity index (χ0) is 16.2. The van der Waals surface area contributed by atoms with Gasteiger partial charge in [-0.15, -0.1) is 0 Å². The van der Waals surface area contributed by atoms with Crippen molar-refractivity contribution in [2.75, 3.05) is 13.7 Å². The van der Waals surface area contributed by atoms with Crippen LogP contribution in [0.2, 0.25) is 0 Å². The molecule has 1 saturated heterocycles. The molecule has 1 heterocycles. The molecule has 22 heavy (non-hydrogen) atoms. The smallest absolute Gasteiger partial charge is 0.412 e. The first-order valence-electron chi connectivity index (χ1n) is 7.15. The Kier molecular flexibility index (Phi) is 5.03. The zero-order valence-electron chi connectivity index (χ0n) is 13.1. The van der Waals surface area contributed by atoms with E-state index in [0.29, 0.717) is 6.54 Å². The number of methoxy groups -OCH3 is 1. The Morgan fingerprint density at radius 2 is 2.00 bits per heavy atom. The van der Waals surface area contributed by atoms with Crippen LogP contribution in [0.4, 0.5) is 4.79 Å². The van der Waals surface area contributed by atoms with E-state index in [1.807, 2.05) is 30.3 Å². The average molecular weight is 307 g/mol. The van der Waals surface area contributed by atoms with E-state index in [-0.39, 0.29) is 25.1 Å². The van der Waals surface area contributed by atoms with Gasteiger partial charge in [-0.3, -0.25) is 9.69 Å². The summed E-state index contributed by atoms with van der Waals surface area (Å²) < 4.78 is 15.7. The largest absolute Gasteiger partial charge is 0.469 e. The standard InChI is InChI=1S/C16H21NO5/c1-16(2)17(10-13(22-16)9-14(18)20-3)15(19)21-11-12-7-5-4-6-8-12/h4-8,13H,9-11H2,1-3H3. The second-order valence-corrected chi connectivity index (χ2v) is 5.62. The van der Waals surface area contributed by atoms with Crippen LogP contribution in [0.3, 0.4) is 0 Å². The van der Waals surface area contributed by atoms with Crippen molar-refractivity contribution in [1.82, 2.24) is 4.90 Å². The first kappa shape index (κ1) is 16.3. The van der Waals surface area contributed by atoms with Crippen molar-refractivity contribution >= 4 is 12.1 Å². The molecule has 0 radical (unpaired) electrons. The maximum atomic E-state index is 12.2. The summed E-state index contributed by atoms with van der Waals surface area (Å²) in [5.41, 5.74) is 0.104. The molecule has 1 aliphatic heterocycles. The molecule has 0 N–H and O–H groups in total. The molecule has 0 aromatic heterocycles. The number of carbonyl (C=O) groups is 2.